The third kappa shape index (κ3) is 4.21. The lowest BCUT2D eigenvalue weighted by molar-refractivity contribution is 0.0828. The number of rotatable bonds is 5. The zero-order valence-corrected chi connectivity index (χ0v) is 19.2. The van der Waals surface area contributed by atoms with E-state index in [0.717, 1.165) is 16.8 Å². The van der Waals surface area contributed by atoms with Gasteiger partial charge in [-0.15, -0.1) is 0 Å². The number of nitriles is 1. The molecule has 33 heavy (non-hydrogen) atoms. The third-order valence-corrected chi connectivity index (χ3v) is 5.96. The monoisotopic (exact) mass is 462 g/mol. The Kier molecular flexibility index (Phi) is 5.93. The maximum absolute atomic E-state index is 12.6. The molecule has 8 nitrogen and oxygen atoms in total. The van der Waals surface area contributed by atoms with Crippen LogP contribution in [0.5, 0.6) is 0 Å². The number of aliphatic hydroxyl groups excluding tert-OH is 1. The number of nitrogens with one attached hydrogen (secondary N) is 2. The Labute approximate surface area is 196 Å². The quantitative estimate of drug-likeness (QED) is 0.528. The first-order valence-corrected chi connectivity index (χ1v) is 10.7. The third-order valence-electron chi connectivity index (χ3n) is 5.73. The van der Waals surface area contributed by atoms with Crippen LogP contribution in [0.1, 0.15) is 28.4 Å². The largest absolute Gasteiger partial charge is 0.395 e. The summed E-state index contributed by atoms with van der Waals surface area (Å²) in [6.45, 7) is 2.45. The summed E-state index contributed by atoms with van der Waals surface area (Å²) in [6.07, 6.45) is 1.60. The van der Waals surface area contributed by atoms with Gasteiger partial charge in [-0.05, 0) is 42.0 Å². The Balaban J connectivity index is 1.74. The van der Waals surface area contributed by atoms with E-state index in [9.17, 15) is 15.2 Å². The minimum absolute atomic E-state index is 0.0463. The van der Waals surface area contributed by atoms with Gasteiger partial charge in [-0.3, -0.25) is 4.79 Å². The van der Waals surface area contributed by atoms with E-state index in [1.165, 1.54) is 4.90 Å². The summed E-state index contributed by atoms with van der Waals surface area (Å²) in [4.78, 5) is 22.9. The molecular weight excluding hydrogens is 440 g/mol. The molecule has 0 saturated carbocycles. The van der Waals surface area contributed by atoms with Crippen molar-refractivity contribution in [3.63, 3.8) is 0 Å². The van der Waals surface area contributed by atoms with Gasteiger partial charge in [-0.2, -0.15) is 5.26 Å². The van der Waals surface area contributed by atoms with Gasteiger partial charge in [0.2, 0.25) is 5.95 Å². The average Bonchev–Trinajstić information content (AvgIpc) is 3.15. The fourth-order valence-corrected chi connectivity index (χ4v) is 3.98. The van der Waals surface area contributed by atoms with Crippen molar-refractivity contribution in [3.8, 4) is 17.3 Å². The lowest BCUT2D eigenvalue weighted by Crippen LogP contribution is -2.28. The highest BCUT2D eigenvalue weighted by atomic mass is 35.5. The normalized spacial score (nSPS) is 16.5. The predicted molar refractivity (Wildman–Crippen MR) is 128 cm³/mol. The molecule has 1 atom stereocenters. The number of benzene rings is 2. The van der Waals surface area contributed by atoms with Crippen LogP contribution in [0.2, 0.25) is 5.02 Å². The SMILES string of the molecule is CN(C)C(=O)c1ccc(Cl)cc1Nc1nccc(-c2cc(C#N)c3c(c2)C(C)(CO)CN3)n1. The van der Waals surface area contributed by atoms with Crippen molar-refractivity contribution in [3.05, 3.63) is 64.3 Å². The van der Waals surface area contributed by atoms with Crippen LogP contribution in [-0.4, -0.2) is 53.1 Å². The van der Waals surface area contributed by atoms with Gasteiger partial charge >= 0.3 is 0 Å². The second-order valence-electron chi connectivity index (χ2n) is 8.41. The number of halogens is 1. The first-order chi connectivity index (χ1) is 15.8. The molecule has 4 rings (SSSR count). The Morgan fingerprint density at radius 3 is 2.82 bits per heavy atom. The minimum atomic E-state index is -0.493. The molecule has 9 heteroatoms. The number of anilines is 3. The molecule has 2 aromatic carbocycles. The van der Waals surface area contributed by atoms with Gasteiger partial charge in [0.05, 0.1) is 34.8 Å². The van der Waals surface area contributed by atoms with E-state index in [4.69, 9.17) is 11.6 Å². The smallest absolute Gasteiger partial charge is 0.255 e. The maximum Gasteiger partial charge on any atom is 0.255 e. The van der Waals surface area contributed by atoms with Crippen molar-refractivity contribution >= 4 is 34.8 Å². The summed E-state index contributed by atoms with van der Waals surface area (Å²) in [5.74, 6) is 0.100. The van der Waals surface area contributed by atoms with E-state index >= 15 is 0 Å². The fraction of sp³-hybridized carbons (Fsp3) is 0.250. The van der Waals surface area contributed by atoms with E-state index in [1.54, 1.807) is 50.6 Å². The molecule has 0 radical (unpaired) electrons. The van der Waals surface area contributed by atoms with Crippen LogP contribution in [0.25, 0.3) is 11.3 Å². The topological polar surface area (TPSA) is 114 Å². The van der Waals surface area contributed by atoms with Crippen LogP contribution in [0.15, 0.2) is 42.6 Å². The van der Waals surface area contributed by atoms with E-state index in [2.05, 4.69) is 26.7 Å². The summed E-state index contributed by atoms with van der Waals surface area (Å²) in [5, 5.41) is 26.4. The van der Waals surface area contributed by atoms with Gasteiger partial charge < -0.3 is 20.6 Å². The van der Waals surface area contributed by atoms with Crippen molar-refractivity contribution in [2.75, 3.05) is 37.9 Å². The maximum atomic E-state index is 12.6. The first-order valence-electron chi connectivity index (χ1n) is 10.3. The molecule has 0 bridgehead atoms. The molecule has 0 aliphatic carbocycles. The highest BCUT2D eigenvalue weighted by Crippen LogP contribution is 2.41. The molecule has 1 aromatic heterocycles. The van der Waals surface area contributed by atoms with E-state index in [1.807, 2.05) is 13.0 Å². The number of aromatic nitrogens is 2. The van der Waals surface area contributed by atoms with Crippen LogP contribution in [-0.2, 0) is 5.41 Å². The minimum Gasteiger partial charge on any atom is -0.395 e. The number of aliphatic hydroxyl groups is 1. The Morgan fingerprint density at radius 2 is 2.12 bits per heavy atom. The standard InChI is InChI=1S/C24H23ClN6O2/c1-24(13-32)12-28-21-15(11-26)8-14(9-18(21)24)19-6-7-27-23(29-19)30-20-10-16(25)4-5-17(20)22(33)31(2)3/h4-10,28,32H,12-13H2,1-3H3,(H,27,29,30). The highest BCUT2D eigenvalue weighted by molar-refractivity contribution is 6.31. The van der Waals surface area contributed by atoms with Crippen LogP contribution in [0.3, 0.4) is 0 Å². The zero-order valence-electron chi connectivity index (χ0n) is 18.5. The number of amides is 1. The molecule has 3 aromatic rings. The summed E-state index contributed by atoms with van der Waals surface area (Å²) in [6, 6.07) is 12.6. The predicted octanol–water partition coefficient (Wildman–Crippen LogP) is 3.79. The molecule has 0 saturated heterocycles. The lowest BCUT2D eigenvalue weighted by Gasteiger charge is -2.21. The number of carbonyl (C=O) groups excluding carboxylic acids is 1. The molecule has 168 valence electrons. The van der Waals surface area contributed by atoms with E-state index in [-0.39, 0.29) is 18.5 Å². The molecule has 1 amide bonds. The van der Waals surface area contributed by atoms with Crippen molar-refractivity contribution in [2.45, 2.75) is 12.3 Å². The van der Waals surface area contributed by atoms with Crippen molar-refractivity contribution < 1.29 is 9.90 Å². The molecule has 1 unspecified atom stereocenters. The summed E-state index contributed by atoms with van der Waals surface area (Å²) < 4.78 is 0. The van der Waals surface area contributed by atoms with Gasteiger partial charge in [0.25, 0.3) is 5.91 Å². The number of nitrogens with zero attached hydrogens (tertiary/aromatic N) is 4. The van der Waals surface area contributed by atoms with Crippen molar-refractivity contribution in [1.29, 1.82) is 5.26 Å². The first kappa shape index (κ1) is 22.5. The van der Waals surface area contributed by atoms with E-state index < -0.39 is 5.41 Å². The van der Waals surface area contributed by atoms with Crippen LogP contribution in [0, 0.1) is 11.3 Å². The molecule has 0 fully saturated rings. The number of fused-ring (bicyclic) bond motifs is 1. The number of carbonyl (C=O) groups is 1. The molecule has 1 aliphatic heterocycles. The summed E-state index contributed by atoms with van der Waals surface area (Å²) in [7, 11) is 3.35. The van der Waals surface area contributed by atoms with Crippen LogP contribution in [0.4, 0.5) is 17.3 Å². The van der Waals surface area contributed by atoms with Crippen LogP contribution >= 0.6 is 11.6 Å². The Hall–Kier alpha value is -3.67. The Morgan fingerprint density at radius 1 is 1.33 bits per heavy atom. The molecule has 0 spiro atoms. The second kappa shape index (κ2) is 8.70. The Bertz CT molecular complexity index is 1290. The molecule has 1 aliphatic rings. The number of hydrogen-bond donors (Lipinski definition) is 3. The number of hydrogen-bond acceptors (Lipinski definition) is 7. The van der Waals surface area contributed by atoms with Crippen molar-refractivity contribution in [1.82, 2.24) is 14.9 Å². The van der Waals surface area contributed by atoms with Gasteiger partial charge in [0, 0.05) is 42.8 Å². The summed E-state index contributed by atoms with van der Waals surface area (Å²) >= 11 is 6.16. The van der Waals surface area contributed by atoms with Crippen LogP contribution < -0.4 is 10.6 Å². The fourth-order valence-electron chi connectivity index (χ4n) is 3.81. The molecule has 3 N–H and O–H groups in total. The van der Waals surface area contributed by atoms with Crippen molar-refractivity contribution in [2.24, 2.45) is 0 Å². The second-order valence-corrected chi connectivity index (χ2v) is 8.85. The molecule has 2 heterocycles. The van der Waals surface area contributed by atoms with Gasteiger partial charge in [-0.1, -0.05) is 18.5 Å². The van der Waals surface area contributed by atoms with Gasteiger partial charge in [0.1, 0.15) is 6.07 Å². The zero-order chi connectivity index (χ0) is 23.8. The average molecular weight is 463 g/mol. The van der Waals surface area contributed by atoms with Gasteiger partial charge in [0.15, 0.2) is 0 Å². The highest BCUT2D eigenvalue weighted by Gasteiger charge is 2.36. The van der Waals surface area contributed by atoms with Gasteiger partial charge in [-0.25, -0.2) is 9.97 Å². The lowest BCUT2D eigenvalue weighted by atomic mass is 9.83. The molecular formula is C24H23ClN6O2. The summed E-state index contributed by atoms with van der Waals surface area (Å²) in [5.41, 5.74) is 3.87. The van der Waals surface area contributed by atoms with E-state index in [0.29, 0.717) is 34.1 Å².